The van der Waals surface area contributed by atoms with Crippen molar-refractivity contribution >= 4 is 17.3 Å². The predicted octanol–water partition coefficient (Wildman–Crippen LogP) is 4.34. The molecule has 0 bridgehead atoms. The third-order valence-corrected chi connectivity index (χ3v) is 4.42. The molecule has 0 fully saturated rings. The molecule has 0 atom stereocenters. The highest BCUT2D eigenvalue weighted by atomic mass is 16.5. The van der Waals surface area contributed by atoms with E-state index in [1.54, 1.807) is 0 Å². The quantitative estimate of drug-likeness (QED) is 0.765. The van der Waals surface area contributed by atoms with Crippen molar-refractivity contribution in [1.82, 2.24) is 0 Å². The topological polar surface area (TPSA) is 41.6 Å². The Bertz CT molecular complexity index is 909. The van der Waals surface area contributed by atoms with Gasteiger partial charge in [-0.1, -0.05) is 42.5 Å². The molecule has 0 saturated carbocycles. The molecule has 0 radical (unpaired) electrons. The summed E-state index contributed by atoms with van der Waals surface area (Å²) in [5.74, 6) is 0.817. The van der Waals surface area contributed by atoms with Crippen LogP contribution < -0.4 is 15.0 Å². The minimum Gasteiger partial charge on any atom is -0.490 e. The summed E-state index contributed by atoms with van der Waals surface area (Å²) in [6.07, 6.45) is 0. The van der Waals surface area contributed by atoms with E-state index < -0.39 is 0 Å². The summed E-state index contributed by atoms with van der Waals surface area (Å²) in [5.41, 5.74) is 3.65. The van der Waals surface area contributed by atoms with Crippen LogP contribution in [0.4, 0.5) is 11.4 Å². The molecule has 3 aromatic rings. The molecule has 0 aliphatic carbocycles. The van der Waals surface area contributed by atoms with Gasteiger partial charge in [0.15, 0.2) is 0 Å². The van der Waals surface area contributed by atoms with E-state index in [9.17, 15) is 4.79 Å². The number of para-hydroxylation sites is 3. The normalized spacial score (nSPS) is 12.8. The lowest BCUT2D eigenvalue weighted by atomic mass is 10.1. The third kappa shape index (κ3) is 3.54. The van der Waals surface area contributed by atoms with E-state index in [0.717, 1.165) is 35.8 Å². The molecule has 0 unspecified atom stereocenters. The number of rotatable bonds is 4. The highest BCUT2D eigenvalue weighted by Crippen LogP contribution is 2.32. The molecular weight excluding hydrogens is 324 g/mol. The monoisotopic (exact) mass is 344 g/mol. The number of hydrogen-bond donors (Lipinski definition) is 1. The van der Waals surface area contributed by atoms with Gasteiger partial charge in [0.05, 0.1) is 12.2 Å². The van der Waals surface area contributed by atoms with Gasteiger partial charge in [-0.05, 0) is 42.0 Å². The van der Waals surface area contributed by atoms with E-state index in [0.29, 0.717) is 12.2 Å². The summed E-state index contributed by atoms with van der Waals surface area (Å²) in [4.78, 5) is 14.8. The summed E-state index contributed by atoms with van der Waals surface area (Å²) in [5, 5.41) is 2.93. The average Bonchev–Trinajstić information content (AvgIpc) is 2.69. The fourth-order valence-electron chi connectivity index (χ4n) is 3.15. The van der Waals surface area contributed by atoms with E-state index in [4.69, 9.17) is 4.74 Å². The first-order chi connectivity index (χ1) is 12.8. The van der Waals surface area contributed by atoms with Crippen molar-refractivity contribution < 1.29 is 9.53 Å². The second-order valence-electron chi connectivity index (χ2n) is 6.26. The van der Waals surface area contributed by atoms with E-state index in [2.05, 4.69) is 22.3 Å². The average molecular weight is 344 g/mol. The van der Waals surface area contributed by atoms with Gasteiger partial charge in [0.25, 0.3) is 5.91 Å². The minimum absolute atomic E-state index is 0.0968. The van der Waals surface area contributed by atoms with Crippen molar-refractivity contribution in [1.29, 1.82) is 0 Å². The van der Waals surface area contributed by atoms with E-state index in [1.807, 2.05) is 66.7 Å². The molecule has 130 valence electrons. The van der Waals surface area contributed by atoms with Crippen molar-refractivity contribution in [3.05, 3.63) is 90.0 Å². The zero-order chi connectivity index (χ0) is 17.8. The first-order valence-corrected chi connectivity index (χ1v) is 8.72. The Labute approximate surface area is 153 Å². The first-order valence-electron chi connectivity index (χ1n) is 8.72. The highest BCUT2D eigenvalue weighted by Gasteiger charge is 2.18. The van der Waals surface area contributed by atoms with E-state index in [1.165, 1.54) is 0 Å². The Hall–Kier alpha value is -3.27. The van der Waals surface area contributed by atoms with Gasteiger partial charge >= 0.3 is 0 Å². The van der Waals surface area contributed by atoms with Gasteiger partial charge in [-0.2, -0.15) is 0 Å². The minimum atomic E-state index is -0.0968. The SMILES string of the molecule is O=C(Nc1ccccc1)c1cccc(CN2CCOc3ccccc32)c1. The summed E-state index contributed by atoms with van der Waals surface area (Å²) in [6, 6.07) is 25.3. The highest BCUT2D eigenvalue weighted by molar-refractivity contribution is 6.04. The smallest absolute Gasteiger partial charge is 0.255 e. The van der Waals surface area contributed by atoms with Crippen LogP contribution in [0.2, 0.25) is 0 Å². The maximum Gasteiger partial charge on any atom is 0.255 e. The number of nitrogens with zero attached hydrogens (tertiary/aromatic N) is 1. The standard InChI is InChI=1S/C22H20N2O2/c25-22(23-19-9-2-1-3-10-19)18-8-6-7-17(15-18)16-24-13-14-26-21-12-5-4-11-20(21)24/h1-12,15H,13-14,16H2,(H,23,25). The number of amides is 1. The number of nitrogens with one attached hydrogen (secondary N) is 1. The molecule has 4 heteroatoms. The molecule has 1 amide bonds. The molecule has 1 aliphatic rings. The zero-order valence-electron chi connectivity index (χ0n) is 14.4. The maximum atomic E-state index is 12.5. The molecule has 26 heavy (non-hydrogen) atoms. The van der Waals surface area contributed by atoms with Crippen LogP contribution in [-0.2, 0) is 6.54 Å². The van der Waals surface area contributed by atoms with Gasteiger partial charge in [0.1, 0.15) is 12.4 Å². The Kier molecular flexibility index (Phi) is 4.56. The van der Waals surface area contributed by atoms with E-state index in [-0.39, 0.29) is 5.91 Å². The van der Waals surface area contributed by atoms with Crippen LogP contribution in [0, 0.1) is 0 Å². The Morgan fingerprint density at radius 1 is 0.962 bits per heavy atom. The lowest BCUT2D eigenvalue weighted by Crippen LogP contribution is -2.32. The Balaban J connectivity index is 1.51. The number of hydrogen-bond acceptors (Lipinski definition) is 3. The van der Waals surface area contributed by atoms with Crippen LogP contribution in [0.15, 0.2) is 78.9 Å². The van der Waals surface area contributed by atoms with Gasteiger partial charge in [-0.15, -0.1) is 0 Å². The van der Waals surface area contributed by atoms with E-state index >= 15 is 0 Å². The lowest BCUT2D eigenvalue weighted by molar-refractivity contribution is 0.102. The fraction of sp³-hybridized carbons (Fsp3) is 0.136. The predicted molar refractivity (Wildman–Crippen MR) is 104 cm³/mol. The molecule has 1 N–H and O–H groups in total. The number of anilines is 2. The lowest BCUT2D eigenvalue weighted by Gasteiger charge is -2.31. The maximum absolute atomic E-state index is 12.5. The van der Waals surface area contributed by atoms with Crippen LogP contribution in [-0.4, -0.2) is 19.1 Å². The molecule has 3 aromatic carbocycles. The van der Waals surface area contributed by atoms with Crippen molar-refractivity contribution in [3.63, 3.8) is 0 Å². The van der Waals surface area contributed by atoms with Crippen LogP contribution in [0.5, 0.6) is 5.75 Å². The third-order valence-electron chi connectivity index (χ3n) is 4.42. The van der Waals surface area contributed by atoms with Gasteiger partial charge in [-0.25, -0.2) is 0 Å². The molecule has 4 rings (SSSR count). The van der Waals surface area contributed by atoms with Crippen LogP contribution in [0.25, 0.3) is 0 Å². The summed E-state index contributed by atoms with van der Waals surface area (Å²) in [6.45, 7) is 2.25. The summed E-state index contributed by atoms with van der Waals surface area (Å²) >= 11 is 0. The van der Waals surface area contributed by atoms with Gasteiger partial charge in [-0.3, -0.25) is 4.79 Å². The molecular formula is C22H20N2O2. The summed E-state index contributed by atoms with van der Waals surface area (Å²) < 4.78 is 5.71. The molecule has 4 nitrogen and oxygen atoms in total. The molecule has 0 saturated heterocycles. The second-order valence-corrected chi connectivity index (χ2v) is 6.26. The van der Waals surface area contributed by atoms with Gasteiger partial charge in [0, 0.05) is 17.8 Å². The first kappa shape index (κ1) is 16.2. The van der Waals surface area contributed by atoms with Crippen LogP contribution in [0.3, 0.4) is 0 Å². The Morgan fingerprint density at radius 2 is 1.77 bits per heavy atom. The van der Waals surface area contributed by atoms with Crippen LogP contribution >= 0.6 is 0 Å². The number of fused-ring (bicyclic) bond motifs is 1. The van der Waals surface area contributed by atoms with Crippen molar-refractivity contribution in [3.8, 4) is 5.75 Å². The zero-order valence-corrected chi connectivity index (χ0v) is 14.4. The number of carbonyl (C=O) groups excluding carboxylic acids is 1. The molecule has 0 aromatic heterocycles. The molecule has 1 heterocycles. The number of carbonyl (C=O) groups is 1. The largest absolute Gasteiger partial charge is 0.490 e. The van der Waals surface area contributed by atoms with Gasteiger partial charge < -0.3 is 15.0 Å². The van der Waals surface area contributed by atoms with Gasteiger partial charge in [0.2, 0.25) is 0 Å². The van der Waals surface area contributed by atoms with Crippen molar-refractivity contribution in [2.75, 3.05) is 23.4 Å². The second kappa shape index (κ2) is 7.31. The number of benzene rings is 3. The van der Waals surface area contributed by atoms with Crippen LogP contribution in [0.1, 0.15) is 15.9 Å². The van der Waals surface area contributed by atoms with Crippen molar-refractivity contribution in [2.45, 2.75) is 6.54 Å². The molecule has 0 spiro atoms. The molecule has 1 aliphatic heterocycles. The Morgan fingerprint density at radius 3 is 2.65 bits per heavy atom. The van der Waals surface area contributed by atoms with Crippen molar-refractivity contribution in [2.24, 2.45) is 0 Å². The summed E-state index contributed by atoms with van der Waals surface area (Å²) in [7, 11) is 0. The fourth-order valence-corrected chi connectivity index (χ4v) is 3.15. The number of ether oxygens (including phenoxy) is 1.